The lowest BCUT2D eigenvalue weighted by atomic mass is 9.93. The molecule has 1 aromatic carbocycles. The van der Waals surface area contributed by atoms with Gasteiger partial charge in [-0.3, -0.25) is 0 Å². The third-order valence-electron chi connectivity index (χ3n) is 5.09. The average Bonchev–Trinajstić information content (AvgIpc) is 2.99. The van der Waals surface area contributed by atoms with Crippen LogP contribution in [0, 0.1) is 12.8 Å². The molecule has 0 saturated carbocycles. The van der Waals surface area contributed by atoms with Gasteiger partial charge in [-0.2, -0.15) is 0 Å². The summed E-state index contributed by atoms with van der Waals surface area (Å²) >= 11 is 0. The van der Waals surface area contributed by atoms with Crippen molar-refractivity contribution in [1.82, 2.24) is 0 Å². The number of hydrogen-bond acceptors (Lipinski definition) is 5. The van der Waals surface area contributed by atoms with Crippen LogP contribution in [0.3, 0.4) is 0 Å². The largest absolute Gasteiger partial charge is 0.458 e. The highest BCUT2D eigenvalue weighted by atomic mass is 16.6. The summed E-state index contributed by atoms with van der Waals surface area (Å²) in [6.45, 7) is 5.52. The van der Waals surface area contributed by atoms with Gasteiger partial charge in [-0.1, -0.05) is 51.0 Å². The summed E-state index contributed by atoms with van der Waals surface area (Å²) in [6, 6.07) is 7.13. The molecule has 1 N–H and O–H groups in total. The van der Waals surface area contributed by atoms with E-state index in [2.05, 4.69) is 13.8 Å². The van der Waals surface area contributed by atoms with Gasteiger partial charge in [0.15, 0.2) is 5.60 Å². The number of aliphatic hydroxyl groups excluding tert-OH is 1. The number of carbonyl (C=O) groups is 2. The number of aliphatic hydroxyl groups is 1. The maximum Gasteiger partial charge on any atom is 0.338 e. The van der Waals surface area contributed by atoms with Gasteiger partial charge in [0.05, 0.1) is 12.2 Å². The number of rotatable bonds is 9. The van der Waals surface area contributed by atoms with Gasteiger partial charge in [0.1, 0.15) is 6.61 Å². The molecular weight excluding hydrogens is 344 g/mol. The third kappa shape index (κ3) is 5.42. The lowest BCUT2D eigenvalue weighted by Gasteiger charge is -2.24. The highest BCUT2D eigenvalue weighted by molar-refractivity contribution is 5.92. The molecule has 1 aliphatic heterocycles. The second-order valence-corrected chi connectivity index (χ2v) is 7.30. The Morgan fingerprint density at radius 3 is 2.74 bits per heavy atom. The summed E-state index contributed by atoms with van der Waals surface area (Å²) in [5, 5.41) is 9.83. The Kier molecular flexibility index (Phi) is 7.60. The summed E-state index contributed by atoms with van der Waals surface area (Å²) in [4.78, 5) is 24.6. The Labute approximate surface area is 161 Å². The van der Waals surface area contributed by atoms with Crippen molar-refractivity contribution >= 4 is 11.9 Å². The molecular formula is C22H30O5. The fourth-order valence-electron chi connectivity index (χ4n) is 3.29. The quantitative estimate of drug-likeness (QED) is 0.523. The van der Waals surface area contributed by atoms with Crippen LogP contribution in [-0.4, -0.2) is 35.9 Å². The molecule has 2 rings (SSSR count). The van der Waals surface area contributed by atoms with E-state index in [4.69, 9.17) is 9.47 Å². The van der Waals surface area contributed by atoms with Gasteiger partial charge in [0.2, 0.25) is 0 Å². The molecule has 1 heterocycles. The first-order valence-electron chi connectivity index (χ1n) is 9.72. The van der Waals surface area contributed by atoms with Gasteiger partial charge in [-0.15, -0.1) is 0 Å². The first-order valence-corrected chi connectivity index (χ1v) is 9.72. The van der Waals surface area contributed by atoms with Crippen LogP contribution < -0.4 is 0 Å². The Balaban J connectivity index is 2.06. The minimum atomic E-state index is -1.19. The van der Waals surface area contributed by atoms with Crippen molar-refractivity contribution in [2.75, 3.05) is 13.2 Å². The predicted molar refractivity (Wildman–Crippen MR) is 103 cm³/mol. The molecule has 1 saturated heterocycles. The van der Waals surface area contributed by atoms with Crippen molar-refractivity contribution in [1.29, 1.82) is 0 Å². The second kappa shape index (κ2) is 9.70. The van der Waals surface area contributed by atoms with E-state index in [1.807, 2.05) is 25.1 Å². The lowest BCUT2D eigenvalue weighted by Crippen LogP contribution is -2.39. The van der Waals surface area contributed by atoms with Crippen molar-refractivity contribution in [2.24, 2.45) is 5.92 Å². The number of allylic oxidation sites excluding steroid dienone is 1. The highest BCUT2D eigenvalue weighted by Crippen LogP contribution is 2.33. The van der Waals surface area contributed by atoms with Crippen molar-refractivity contribution in [3.63, 3.8) is 0 Å². The van der Waals surface area contributed by atoms with Crippen LogP contribution >= 0.6 is 0 Å². The summed E-state index contributed by atoms with van der Waals surface area (Å²) in [5.74, 6) is -0.591. The molecule has 2 atom stereocenters. The molecule has 0 aromatic heterocycles. The van der Waals surface area contributed by atoms with E-state index in [1.165, 1.54) is 0 Å². The van der Waals surface area contributed by atoms with E-state index >= 15 is 0 Å². The smallest absolute Gasteiger partial charge is 0.338 e. The number of aryl methyl sites for hydroxylation is 1. The number of hydrogen-bond donors (Lipinski definition) is 1. The van der Waals surface area contributed by atoms with E-state index in [-0.39, 0.29) is 19.6 Å². The van der Waals surface area contributed by atoms with Gasteiger partial charge < -0.3 is 14.6 Å². The molecule has 27 heavy (non-hydrogen) atoms. The summed E-state index contributed by atoms with van der Waals surface area (Å²) in [7, 11) is 0. The number of carbonyl (C=O) groups excluding carboxylic acids is 2. The molecule has 5 heteroatoms. The van der Waals surface area contributed by atoms with Gasteiger partial charge in [0.25, 0.3) is 0 Å². The Morgan fingerprint density at radius 1 is 1.37 bits per heavy atom. The number of ether oxygens (including phenoxy) is 2. The zero-order valence-electron chi connectivity index (χ0n) is 16.5. The topological polar surface area (TPSA) is 72.8 Å². The standard InChI is InChI=1S/C22H30O5/c1-4-6-10-17(5-2)12-18-13-22(14-23,27-20(18)24)15-26-21(25)19-11-8-7-9-16(19)3/h7-9,11-12,17,23H,4-6,10,13-15H2,1-3H3/b18-12-. The van der Waals surface area contributed by atoms with E-state index in [1.54, 1.807) is 12.1 Å². The number of cyclic esters (lactones) is 1. The molecule has 0 spiro atoms. The van der Waals surface area contributed by atoms with E-state index in [0.29, 0.717) is 17.1 Å². The molecule has 1 fully saturated rings. The van der Waals surface area contributed by atoms with Crippen LogP contribution in [0.15, 0.2) is 35.9 Å². The molecule has 0 amide bonds. The lowest BCUT2D eigenvalue weighted by molar-refractivity contribution is -0.154. The average molecular weight is 374 g/mol. The number of unbranched alkanes of at least 4 members (excludes halogenated alkanes) is 1. The maximum atomic E-state index is 12.3. The van der Waals surface area contributed by atoms with Crippen molar-refractivity contribution in [3.8, 4) is 0 Å². The van der Waals surface area contributed by atoms with Crippen LogP contribution in [0.5, 0.6) is 0 Å². The van der Waals surface area contributed by atoms with E-state index in [9.17, 15) is 14.7 Å². The first kappa shape index (κ1) is 21.2. The highest BCUT2D eigenvalue weighted by Gasteiger charge is 2.44. The minimum absolute atomic E-state index is 0.161. The summed E-state index contributed by atoms with van der Waals surface area (Å²) < 4.78 is 10.8. The molecule has 0 bridgehead atoms. The van der Waals surface area contributed by atoms with E-state index < -0.39 is 17.5 Å². The minimum Gasteiger partial charge on any atom is -0.458 e. The van der Waals surface area contributed by atoms with Crippen LogP contribution in [0.4, 0.5) is 0 Å². The van der Waals surface area contributed by atoms with Gasteiger partial charge in [0, 0.05) is 12.0 Å². The SMILES string of the molecule is CCCCC(/C=C1/CC(CO)(COC(=O)c2ccccc2C)OC1=O)CC. The fourth-order valence-corrected chi connectivity index (χ4v) is 3.29. The maximum absolute atomic E-state index is 12.3. The number of esters is 2. The molecule has 2 unspecified atom stereocenters. The first-order chi connectivity index (χ1) is 12.9. The van der Waals surface area contributed by atoms with Crippen LogP contribution in [-0.2, 0) is 14.3 Å². The molecule has 0 aliphatic carbocycles. The molecule has 148 valence electrons. The number of benzene rings is 1. The molecule has 5 nitrogen and oxygen atoms in total. The monoisotopic (exact) mass is 374 g/mol. The van der Waals surface area contributed by atoms with E-state index in [0.717, 1.165) is 31.2 Å². The van der Waals surface area contributed by atoms with Gasteiger partial charge in [-0.05, 0) is 37.3 Å². The molecule has 1 aromatic rings. The van der Waals surface area contributed by atoms with Gasteiger partial charge in [-0.25, -0.2) is 9.59 Å². The van der Waals surface area contributed by atoms with Crippen molar-refractivity contribution < 1.29 is 24.2 Å². The zero-order valence-corrected chi connectivity index (χ0v) is 16.5. The summed E-state index contributed by atoms with van der Waals surface area (Å²) in [6.07, 6.45) is 6.42. The van der Waals surface area contributed by atoms with Crippen molar-refractivity contribution in [3.05, 3.63) is 47.0 Å². The summed E-state index contributed by atoms with van der Waals surface area (Å²) in [5.41, 5.74) is 0.658. The fraction of sp³-hybridized carbons (Fsp3) is 0.545. The Bertz CT molecular complexity index is 694. The van der Waals surface area contributed by atoms with Crippen LogP contribution in [0.1, 0.15) is 61.9 Å². The third-order valence-corrected chi connectivity index (χ3v) is 5.09. The molecule has 0 radical (unpaired) electrons. The Hall–Kier alpha value is -2.14. The van der Waals surface area contributed by atoms with Crippen LogP contribution in [0.25, 0.3) is 0 Å². The van der Waals surface area contributed by atoms with Gasteiger partial charge >= 0.3 is 11.9 Å². The second-order valence-electron chi connectivity index (χ2n) is 7.30. The zero-order chi connectivity index (χ0) is 19.9. The van der Waals surface area contributed by atoms with Crippen LogP contribution in [0.2, 0.25) is 0 Å². The Morgan fingerprint density at radius 2 is 2.11 bits per heavy atom. The predicted octanol–water partition coefficient (Wildman–Crippen LogP) is 3.97. The molecule has 1 aliphatic rings. The normalized spacial score (nSPS) is 21.9. The van der Waals surface area contributed by atoms with Crippen molar-refractivity contribution in [2.45, 2.75) is 58.5 Å².